The van der Waals surface area contributed by atoms with Gasteiger partial charge >= 0.3 is 0 Å². The lowest BCUT2D eigenvalue weighted by atomic mass is 10.1. The second kappa shape index (κ2) is 8.24. The predicted molar refractivity (Wildman–Crippen MR) is 89.5 cm³/mol. The van der Waals surface area contributed by atoms with Gasteiger partial charge in [0.1, 0.15) is 17.3 Å². The average molecular weight is 314 g/mol. The fourth-order valence-corrected chi connectivity index (χ4v) is 2.03. The molecule has 2 aromatic rings. The summed E-state index contributed by atoms with van der Waals surface area (Å²) in [5, 5.41) is 5.98. The molecule has 0 aliphatic heterocycles. The van der Waals surface area contributed by atoms with Crippen molar-refractivity contribution in [2.24, 2.45) is 0 Å². The third kappa shape index (κ3) is 5.34. The van der Waals surface area contributed by atoms with Crippen LogP contribution >= 0.6 is 0 Å². The molecule has 1 aromatic carbocycles. The van der Waals surface area contributed by atoms with E-state index in [1.807, 2.05) is 31.2 Å². The summed E-state index contributed by atoms with van der Waals surface area (Å²) in [6.45, 7) is 5.45. The number of hydrogen-bond acceptors (Lipinski definition) is 5. The number of rotatable bonds is 7. The van der Waals surface area contributed by atoms with Crippen molar-refractivity contribution < 1.29 is 9.53 Å². The van der Waals surface area contributed by atoms with Crippen molar-refractivity contribution >= 4 is 11.7 Å². The molecule has 0 unspecified atom stereocenters. The molecular weight excluding hydrogens is 292 g/mol. The number of anilines is 1. The predicted octanol–water partition coefficient (Wildman–Crippen LogP) is 2.08. The van der Waals surface area contributed by atoms with Crippen molar-refractivity contribution in [3.05, 3.63) is 53.0 Å². The van der Waals surface area contributed by atoms with E-state index in [0.717, 1.165) is 5.56 Å². The maximum Gasteiger partial charge on any atom is 0.270 e. The number of benzene rings is 1. The molecule has 0 bridgehead atoms. The molecule has 2 N–H and O–H groups in total. The van der Waals surface area contributed by atoms with E-state index < -0.39 is 0 Å². The van der Waals surface area contributed by atoms with Gasteiger partial charge in [0, 0.05) is 26.3 Å². The van der Waals surface area contributed by atoms with Crippen molar-refractivity contribution in [3.8, 4) is 0 Å². The molecule has 23 heavy (non-hydrogen) atoms. The van der Waals surface area contributed by atoms with Crippen LogP contribution in [0.4, 0.5) is 5.82 Å². The number of ether oxygens (including phenoxy) is 1. The zero-order chi connectivity index (χ0) is 16.7. The van der Waals surface area contributed by atoms with E-state index >= 15 is 0 Å². The number of nitrogens with zero attached hydrogens (tertiary/aromatic N) is 2. The quantitative estimate of drug-likeness (QED) is 0.765. The highest BCUT2D eigenvalue weighted by atomic mass is 16.5. The lowest BCUT2D eigenvalue weighted by Gasteiger charge is -2.09. The van der Waals surface area contributed by atoms with Gasteiger partial charge in [0.15, 0.2) is 0 Å². The zero-order valence-electron chi connectivity index (χ0n) is 13.7. The fraction of sp³-hybridized carbons (Fsp3) is 0.353. The van der Waals surface area contributed by atoms with Crippen LogP contribution in [0.3, 0.4) is 0 Å². The minimum absolute atomic E-state index is 0.217. The number of carbonyl (C=O) groups is 1. The van der Waals surface area contributed by atoms with Crippen molar-refractivity contribution in [2.45, 2.75) is 20.4 Å². The highest BCUT2D eigenvalue weighted by molar-refractivity contribution is 5.92. The van der Waals surface area contributed by atoms with E-state index in [0.29, 0.717) is 37.0 Å². The molecule has 0 saturated heterocycles. The maximum atomic E-state index is 12.3. The van der Waals surface area contributed by atoms with Crippen LogP contribution in [0.2, 0.25) is 0 Å². The normalized spacial score (nSPS) is 10.4. The van der Waals surface area contributed by atoms with Gasteiger partial charge in [-0.25, -0.2) is 9.97 Å². The Hall–Kier alpha value is -2.47. The van der Waals surface area contributed by atoms with Crippen molar-refractivity contribution in [2.75, 3.05) is 25.6 Å². The Balaban J connectivity index is 1.99. The second-order valence-corrected chi connectivity index (χ2v) is 5.27. The Kier molecular flexibility index (Phi) is 6.05. The lowest BCUT2D eigenvalue weighted by molar-refractivity contribution is 0.0945. The van der Waals surface area contributed by atoms with E-state index in [9.17, 15) is 4.79 Å². The molecule has 0 atom stereocenters. The minimum Gasteiger partial charge on any atom is -0.383 e. The van der Waals surface area contributed by atoms with E-state index in [2.05, 4.69) is 20.6 Å². The van der Waals surface area contributed by atoms with Gasteiger partial charge in [-0.15, -0.1) is 0 Å². The minimum atomic E-state index is -0.217. The van der Waals surface area contributed by atoms with Gasteiger partial charge in [-0.05, 0) is 19.4 Å². The molecule has 1 aromatic heterocycles. The van der Waals surface area contributed by atoms with Crippen molar-refractivity contribution in [3.63, 3.8) is 0 Å². The topological polar surface area (TPSA) is 76.1 Å². The van der Waals surface area contributed by atoms with Gasteiger partial charge in [0.25, 0.3) is 5.91 Å². The van der Waals surface area contributed by atoms with Crippen LogP contribution in [-0.2, 0) is 11.3 Å². The first-order valence-corrected chi connectivity index (χ1v) is 7.50. The number of methoxy groups -OCH3 is 1. The Morgan fingerprint density at radius 1 is 1.17 bits per heavy atom. The molecule has 6 nitrogen and oxygen atoms in total. The SMILES string of the molecule is COCCNc1cc(C(=O)NCc2ccc(C)cc2)nc(C)n1. The molecule has 2 rings (SSSR count). The summed E-state index contributed by atoms with van der Waals surface area (Å²) in [5.41, 5.74) is 2.59. The van der Waals surface area contributed by atoms with Gasteiger partial charge in [-0.1, -0.05) is 29.8 Å². The third-order valence-electron chi connectivity index (χ3n) is 3.26. The van der Waals surface area contributed by atoms with Crippen LogP contribution in [0.15, 0.2) is 30.3 Å². The first-order chi connectivity index (χ1) is 11.1. The van der Waals surface area contributed by atoms with Crippen LogP contribution in [0.1, 0.15) is 27.4 Å². The fourth-order valence-electron chi connectivity index (χ4n) is 2.03. The van der Waals surface area contributed by atoms with E-state index in [4.69, 9.17) is 4.74 Å². The molecule has 1 heterocycles. The summed E-state index contributed by atoms with van der Waals surface area (Å²) < 4.78 is 4.98. The summed E-state index contributed by atoms with van der Waals surface area (Å²) in [6, 6.07) is 9.69. The highest BCUT2D eigenvalue weighted by Gasteiger charge is 2.10. The summed E-state index contributed by atoms with van der Waals surface area (Å²) in [7, 11) is 1.64. The zero-order valence-corrected chi connectivity index (χ0v) is 13.7. The number of aromatic nitrogens is 2. The van der Waals surface area contributed by atoms with Gasteiger partial charge in [0.2, 0.25) is 0 Å². The Morgan fingerprint density at radius 3 is 2.61 bits per heavy atom. The summed E-state index contributed by atoms with van der Waals surface area (Å²) in [6.07, 6.45) is 0. The molecule has 122 valence electrons. The number of aryl methyl sites for hydroxylation is 2. The molecular formula is C17H22N4O2. The van der Waals surface area contributed by atoms with Gasteiger partial charge in [-0.2, -0.15) is 0 Å². The van der Waals surface area contributed by atoms with Crippen molar-refractivity contribution in [1.29, 1.82) is 0 Å². The number of hydrogen-bond donors (Lipinski definition) is 2. The molecule has 6 heteroatoms. The van der Waals surface area contributed by atoms with Crippen LogP contribution in [0.5, 0.6) is 0 Å². The van der Waals surface area contributed by atoms with Crippen LogP contribution < -0.4 is 10.6 Å². The number of nitrogens with one attached hydrogen (secondary N) is 2. The smallest absolute Gasteiger partial charge is 0.270 e. The van der Waals surface area contributed by atoms with Crippen LogP contribution in [0, 0.1) is 13.8 Å². The second-order valence-electron chi connectivity index (χ2n) is 5.27. The summed E-state index contributed by atoms with van der Waals surface area (Å²) in [4.78, 5) is 20.7. The first kappa shape index (κ1) is 16.9. The summed E-state index contributed by atoms with van der Waals surface area (Å²) in [5.74, 6) is 0.953. The van der Waals surface area contributed by atoms with E-state index in [-0.39, 0.29) is 5.91 Å². The highest BCUT2D eigenvalue weighted by Crippen LogP contribution is 2.07. The monoisotopic (exact) mass is 314 g/mol. The molecule has 0 spiro atoms. The molecule has 0 radical (unpaired) electrons. The van der Waals surface area contributed by atoms with Gasteiger partial charge < -0.3 is 15.4 Å². The third-order valence-corrected chi connectivity index (χ3v) is 3.26. The standard InChI is InChI=1S/C17H22N4O2/c1-12-4-6-14(7-5-12)11-19-17(22)15-10-16(18-8-9-23-3)21-13(2)20-15/h4-7,10H,8-9,11H2,1-3H3,(H,19,22)(H,18,20,21). The molecule has 0 aliphatic carbocycles. The molecule has 0 saturated carbocycles. The van der Waals surface area contributed by atoms with Gasteiger partial charge in [0.05, 0.1) is 6.61 Å². The number of carbonyl (C=O) groups excluding carboxylic acids is 1. The van der Waals surface area contributed by atoms with E-state index in [1.54, 1.807) is 20.1 Å². The van der Waals surface area contributed by atoms with Crippen molar-refractivity contribution in [1.82, 2.24) is 15.3 Å². The molecule has 0 fully saturated rings. The largest absolute Gasteiger partial charge is 0.383 e. The maximum absolute atomic E-state index is 12.3. The summed E-state index contributed by atoms with van der Waals surface area (Å²) >= 11 is 0. The lowest BCUT2D eigenvalue weighted by Crippen LogP contribution is -2.24. The van der Waals surface area contributed by atoms with Gasteiger partial charge in [-0.3, -0.25) is 4.79 Å². The Morgan fingerprint density at radius 2 is 1.91 bits per heavy atom. The Bertz CT molecular complexity index is 656. The van der Waals surface area contributed by atoms with Crippen LogP contribution in [-0.4, -0.2) is 36.1 Å². The number of amides is 1. The first-order valence-electron chi connectivity index (χ1n) is 7.50. The van der Waals surface area contributed by atoms with Crippen LogP contribution in [0.25, 0.3) is 0 Å². The Labute approximate surface area is 136 Å². The molecule has 1 amide bonds. The molecule has 0 aliphatic rings. The van der Waals surface area contributed by atoms with E-state index in [1.165, 1.54) is 5.56 Å². The average Bonchev–Trinajstić information content (AvgIpc) is 2.54.